The smallest absolute Gasteiger partial charge is 0.166 e. The summed E-state index contributed by atoms with van der Waals surface area (Å²) in [4.78, 5) is 4.19. The van der Waals surface area contributed by atoms with E-state index >= 15 is 0 Å². The molecular weight excluding hydrogens is 297 g/mol. The van der Waals surface area contributed by atoms with Crippen LogP contribution >= 0.6 is 0 Å². The number of aliphatic imine (C=N–C) groups is 1. The molecule has 0 aliphatic carbocycles. The number of hydrogen-bond acceptors (Lipinski definition) is 4. The van der Waals surface area contributed by atoms with Crippen LogP contribution < -0.4 is 4.74 Å². The minimum Gasteiger partial charge on any atom is -0.504 e. The number of ether oxygens (including phenoxy) is 1. The van der Waals surface area contributed by atoms with E-state index < -0.39 is 5.60 Å². The molecule has 0 aliphatic heterocycles. The van der Waals surface area contributed by atoms with Crippen molar-refractivity contribution in [1.29, 1.82) is 0 Å². The zero-order chi connectivity index (χ0) is 16.9. The molecule has 1 unspecified atom stereocenters. The molecule has 5 heteroatoms. The lowest BCUT2D eigenvalue weighted by molar-refractivity contribution is 0.0675. The summed E-state index contributed by atoms with van der Waals surface area (Å²) in [6.07, 6.45) is 1.48. The molecule has 0 bridgehead atoms. The van der Waals surface area contributed by atoms with Gasteiger partial charge in [0.15, 0.2) is 11.5 Å². The van der Waals surface area contributed by atoms with Crippen LogP contribution in [0, 0.1) is 5.82 Å². The van der Waals surface area contributed by atoms with E-state index in [0.29, 0.717) is 23.5 Å². The van der Waals surface area contributed by atoms with Crippen molar-refractivity contribution in [3.63, 3.8) is 0 Å². The molecular formula is C18H20FNO3. The lowest BCUT2D eigenvalue weighted by Crippen LogP contribution is -2.25. The molecule has 0 heterocycles. The van der Waals surface area contributed by atoms with Crippen molar-refractivity contribution in [1.82, 2.24) is 0 Å². The summed E-state index contributed by atoms with van der Waals surface area (Å²) in [5, 5.41) is 20.5. The molecule has 2 aromatic carbocycles. The number of benzene rings is 2. The summed E-state index contributed by atoms with van der Waals surface area (Å²) in [7, 11) is 0. The first kappa shape index (κ1) is 17.0. The van der Waals surface area contributed by atoms with Gasteiger partial charge in [-0.05, 0) is 43.7 Å². The highest BCUT2D eigenvalue weighted by Gasteiger charge is 2.22. The molecule has 0 radical (unpaired) electrons. The number of nitrogens with zero attached hydrogens (tertiary/aromatic N) is 1. The van der Waals surface area contributed by atoms with Crippen LogP contribution in [0.5, 0.6) is 11.5 Å². The Balaban J connectivity index is 2.12. The third kappa shape index (κ3) is 4.29. The second kappa shape index (κ2) is 7.24. The van der Waals surface area contributed by atoms with Crippen LogP contribution in [0.2, 0.25) is 0 Å². The van der Waals surface area contributed by atoms with E-state index in [1.807, 2.05) is 6.92 Å². The molecule has 0 saturated heterocycles. The van der Waals surface area contributed by atoms with Gasteiger partial charge in [0, 0.05) is 11.8 Å². The number of aromatic hydroxyl groups is 1. The van der Waals surface area contributed by atoms with Crippen molar-refractivity contribution in [3.8, 4) is 11.5 Å². The summed E-state index contributed by atoms with van der Waals surface area (Å²) in [5.74, 6) is 0.0481. The number of hydrogen-bond donors (Lipinski definition) is 2. The standard InChI is InChI=1S/C18H20FNO3/c1-3-23-16-6-4-5-13(17(16)21)11-20-12-18(2,22)14-7-9-15(19)10-8-14/h4-11,21-22H,3,12H2,1-2H3. The number of phenolic OH excluding ortho intramolecular Hbond substituents is 1. The summed E-state index contributed by atoms with van der Waals surface area (Å²) < 4.78 is 18.3. The molecule has 122 valence electrons. The molecule has 1 atom stereocenters. The second-order valence-corrected chi connectivity index (χ2v) is 5.38. The quantitative estimate of drug-likeness (QED) is 0.804. The predicted molar refractivity (Wildman–Crippen MR) is 87.7 cm³/mol. The number of phenols is 1. The van der Waals surface area contributed by atoms with Crippen molar-refractivity contribution >= 4 is 6.21 Å². The van der Waals surface area contributed by atoms with Crippen LogP contribution in [0.15, 0.2) is 47.5 Å². The monoisotopic (exact) mass is 317 g/mol. The van der Waals surface area contributed by atoms with Crippen molar-refractivity contribution in [2.75, 3.05) is 13.2 Å². The Hall–Kier alpha value is -2.40. The van der Waals surface area contributed by atoms with Crippen LogP contribution in [-0.4, -0.2) is 29.6 Å². The van der Waals surface area contributed by atoms with Gasteiger partial charge in [-0.1, -0.05) is 18.2 Å². The summed E-state index contributed by atoms with van der Waals surface area (Å²) in [6.45, 7) is 3.97. The average molecular weight is 317 g/mol. The summed E-state index contributed by atoms with van der Waals surface area (Å²) in [6, 6.07) is 10.8. The van der Waals surface area contributed by atoms with Gasteiger partial charge in [0.25, 0.3) is 0 Å². The molecule has 0 aromatic heterocycles. The number of para-hydroxylation sites is 1. The van der Waals surface area contributed by atoms with Crippen LogP contribution in [-0.2, 0) is 5.60 Å². The largest absolute Gasteiger partial charge is 0.504 e. The fourth-order valence-electron chi connectivity index (χ4n) is 2.14. The van der Waals surface area contributed by atoms with Crippen molar-refractivity contribution in [2.45, 2.75) is 19.4 Å². The van der Waals surface area contributed by atoms with Gasteiger partial charge in [-0.25, -0.2) is 4.39 Å². The zero-order valence-corrected chi connectivity index (χ0v) is 13.2. The lowest BCUT2D eigenvalue weighted by Gasteiger charge is -2.21. The molecule has 2 rings (SSSR count). The van der Waals surface area contributed by atoms with E-state index in [1.165, 1.54) is 30.5 Å². The highest BCUT2D eigenvalue weighted by Crippen LogP contribution is 2.29. The SMILES string of the molecule is CCOc1cccc(C=NCC(C)(O)c2ccc(F)cc2)c1O. The molecule has 0 saturated carbocycles. The first-order chi connectivity index (χ1) is 10.9. The molecule has 0 spiro atoms. The predicted octanol–water partition coefficient (Wildman–Crippen LogP) is 3.26. The van der Waals surface area contributed by atoms with Gasteiger partial charge in [-0.15, -0.1) is 0 Å². The topological polar surface area (TPSA) is 62.0 Å². The molecule has 2 aromatic rings. The Bertz CT molecular complexity index is 681. The zero-order valence-electron chi connectivity index (χ0n) is 13.2. The Morgan fingerprint density at radius 3 is 2.57 bits per heavy atom. The highest BCUT2D eigenvalue weighted by atomic mass is 19.1. The maximum Gasteiger partial charge on any atom is 0.166 e. The molecule has 2 N–H and O–H groups in total. The van der Waals surface area contributed by atoms with Gasteiger partial charge in [-0.2, -0.15) is 0 Å². The van der Waals surface area contributed by atoms with Gasteiger partial charge < -0.3 is 14.9 Å². The second-order valence-electron chi connectivity index (χ2n) is 5.38. The fourth-order valence-corrected chi connectivity index (χ4v) is 2.14. The maximum atomic E-state index is 12.9. The van der Waals surface area contributed by atoms with E-state index in [9.17, 15) is 14.6 Å². The van der Waals surface area contributed by atoms with Gasteiger partial charge in [0.2, 0.25) is 0 Å². The number of aliphatic hydroxyl groups is 1. The Kier molecular flexibility index (Phi) is 5.34. The number of halogens is 1. The fraction of sp³-hybridized carbons (Fsp3) is 0.278. The van der Waals surface area contributed by atoms with Crippen LogP contribution in [0.4, 0.5) is 4.39 Å². The maximum absolute atomic E-state index is 12.9. The van der Waals surface area contributed by atoms with E-state index in [-0.39, 0.29) is 18.1 Å². The van der Waals surface area contributed by atoms with Crippen LogP contribution in [0.3, 0.4) is 0 Å². The normalized spacial score (nSPS) is 13.9. The van der Waals surface area contributed by atoms with Crippen molar-refractivity contribution < 1.29 is 19.3 Å². The molecule has 0 amide bonds. The molecule has 4 nitrogen and oxygen atoms in total. The van der Waals surface area contributed by atoms with E-state index in [0.717, 1.165) is 0 Å². The number of rotatable bonds is 6. The van der Waals surface area contributed by atoms with Gasteiger partial charge in [0.05, 0.1) is 13.2 Å². The Morgan fingerprint density at radius 2 is 1.91 bits per heavy atom. The summed E-state index contributed by atoms with van der Waals surface area (Å²) in [5.41, 5.74) is -0.147. The minimum absolute atomic E-state index is 0.0134. The summed E-state index contributed by atoms with van der Waals surface area (Å²) >= 11 is 0. The third-order valence-electron chi connectivity index (χ3n) is 3.43. The van der Waals surface area contributed by atoms with Gasteiger partial charge >= 0.3 is 0 Å². The Morgan fingerprint density at radius 1 is 1.22 bits per heavy atom. The van der Waals surface area contributed by atoms with Gasteiger partial charge in [0.1, 0.15) is 11.4 Å². The van der Waals surface area contributed by atoms with E-state index in [1.54, 1.807) is 25.1 Å². The first-order valence-corrected chi connectivity index (χ1v) is 7.37. The third-order valence-corrected chi connectivity index (χ3v) is 3.43. The first-order valence-electron chi connectivity index (χ1n) is 7.37. The van der Waals surface area contributed by atoms with Crippen molar-refractivity contribution in [2.24, 2.45) is 4.99 Å². The molecule has 0 fully saturated rings. The van der Waals surface area contributed by atoms with Crippen LogP contribution in [0.1, 0.15) is 25.0 Å². The van der Waals surface area contributed by atoms with E-state index in [4.69, 9.17) is 4.74 Å². The minimum atomic E-state index is -1.22. The Labute approximate surface area is 134 Å². The average Bonchev–Trinajstić information content (AvgIpc) is 2.51. The van der Waals surface area contributed by atoms with Crippen molar-refractivity contribution in [3.05, 3.63) is 59.4 Å². The molecule has 0 aliphatic rings. The van der Waals surface area contributed by atoms with E-state index in [2.05, 4.69) is 4.99 Å². The highest BCUT2D eigenvalue weighted by molar-refractivity contribution is 5.84. The van der Waals surface area contributed by atoms with Crippen LogP contribution in [0.25, 0.3) is 0 Å². The van der Waals surface area contributed by atoms with Gasteiger partial charge in [-0.3, -0.25) is 4.99 Å². The lowest BCUT2D eigenvalue weighted by atomic mass is 9.96. The molecule has 23 heavy (non-hydrogen) atoms.